The maximum absolute atomic E-state index is 11.2. The van der Waals surface area contributed by atoms with E-state index in [-0.39, 0.29) is 0 Å². The molecule has 0 radical (unpaired) electrons. The summed E-state index contributed by atoms with van der Waals surface area (Å²) in [6, 6.07) is 13.3. The number of hydrogen-bond donors (Lipinski definition) is 2. The first-order valence-electron chi connectivity index (χ1n) is 8.08. The Bertz CT molecular complexity index is 1100. The first-order chi connectivity index (χ1) is 12.4. The molecule has 0 spiro atoms. The number of nitrogens with one attached hydrogen (secondary N) is 1. The number of nitrogens with zero attached hydrogens (tertiary/aromatic N) is 2. The third kappa shape index (κ3) is 3.04. The third-order valence-electron chi connectivity index (χ3n) is 4.45. The van der Waals surface area contributed by atoms with E-state index in [4.69, 9.17) is 9.88 Å². The van der Waals surface area contributed by atoms with Gasteiger partial charge in [-0.3, -0.25) is 9.71 Å². The molecule has 1 aromatic heterocycles. The Labute approximate surface area is 151 Å². The fourth-order valence-electron chi connectivity index (χ4n) is 3.35. The van der Waals surface area contributed by atoms with E-state index in [2.05, 4.69) is 14.6 Å². The summed E-state index contributed by atoms with van der Waals surface area (Å²) >= 11 is 0. The first-order valence-corrected chi connectivity index (χ1v) is 9.63. The van der Waals surface area contributed by atoms with Crippen molar-refractivity contribution in [2.45, 2.75) is 6.42 Å². The predicted octanol–water partition coefficient (Wildman–Crippen LogP) is 2.55. The van der Waals surface area contributed by atoms with Crippen molar-refractivity contribution in [2.75, 3.05) is 23.3 Å². The minimum atomic E-state index is -3.78. The SMILES string of the molecule is COc1ccc2c(N3CCc4cc(NS(N)(=O)=O)ccc43)ccnc2c1. The second-order valence-corrected chi connectivity index (χ2v) is 7.40. The predicted molar refractivity (Wildman–Crippen MR) is 102 cm³/mol. The largest absolute Gasteiger partial charge is 0.497 e. The number of aromatic nitrogens is 1. The molecule has 0 saturated carbocycles. The van der Waals surface area contributed by atoms with Crippen LogP contribution in [0, 0.1) is 0 Å². The van der Waals surface area contributed by atoms with Gasteiger partial charge in [-0.05, 0) is 48.4 Å². The van der Waals surface area contributed by atoms with Crippen LogP contribution in [0.4, 0.5) is 17.1 Å². The van der Waals surface area contributed by atoms with Gasteiger partial charge in [-0.15, -0.1) is 0 Å². The van der Waals surface area contributed by atoms with Crippen LogP contribution in [0.1, 0.15) is 5.56 Å². The lowest BCUT2D eigenvalue weighted by Gasteiger charge is -2.21. The van der Waals surface area contributed by atoms with Crippen molar-refractivity contribution < 1.29 is 13.2 Å². The zero-order chi connectivity index (χ0) is 18.3. The van der Waals surface area contributed by atoms with Crippen molar-refractivity contribution in [3.8, 4) is 5.75 Å². The topological polar surface area (TPSA) is 97.5 Å². The van der Waals surface area contributed by atoms with Gasteiger partial charge in [0.15, 0.2) is 0 Å². The molecule has 1 aliphatic heterocycles. The Hall–Kier alpha value is -2.84. The van der Waals surface area contributed by atoms with Crippen LogP contribution in [0.3, 0.4) is 0 Å². The highest BCUT2D eigenvalue weighted by Gasteiger charge is 2.22. The standard InChI is InChI=1S/C18H18N4O3S/c1-25-14-3-4-15-16(11-14)20-8-6-18(15)22-9-7-12-10-13(2-5-17(12)22)21-26(19,23)24/h2-6,8,10-11,21H,7,9H2,1H3,(H2,19,23,24). The van der Waals surface area contributed by atoms with Crippen molar-refractivity contribution >= 4 is 38.2 Å². The fraction of sp³-hybridized carbons (Fsp3) is 0.167. The maximum atomic E-state index is 11.2. The number of fused-ring (bicyclic) bond motifs is 2. The van der Waals surface area contributed by atoms with Crippen molar-refractivity contribution in [3.63, 3.8) is 0 Å². The fourth-order valence-corrected chi connectivity index (χ4v) is 3.81. The van der Waals surface area contributed by atoms with E-state index in [1.54, 1.807) is 19.4 Å². The van der Waals surface area contributed by atoms with Gasteiger partial charge < -0.3 is 9.64 Å². The molecule has 0 atom stereocenters. The molecule has 26 heavy (non-hydrogen) atoms. The van der Waals surface area contributed by atoms with Crippen molar-refractivity contribution in [3.05, 3.63) is 54.2 Å². The molecule has 3 aromatic rings. The minimum absolute atomic E-state index is 0.470. The van der Waals surface area contributed by atoms with Gasteiger partial charge in [0, 0.05) is 29.9 Å². The van der Waals surface area contributed by atoms with Crippen LogP contribution in [-0.2, 0) is 16.6 Å². The third-order valence-corrected chi connectivity index (χ3v) is 4.97. The van der Waals surface area contributed by atoms with Gasteiger partial charge in [-0.2, -0.15) is 8.42 Å². The highest BCUT2D eigenvalue weighted by Crippen LogP contribution is 2.39. The Balaban J connectivity index is 1.75. The van der Waals surface area contributed by atoms with E-state index in [1.807, 2.05) is 36.4 Å². The van der Waals surface area contributed by atoms with Gasteiger partial charge in [0.25, 0.3) is 10.2 Å². The smallest absolute Gasteiger partial charge is 0.296 e. The maximum Gasteiger partial charge on any atom is 0.296 e. The van der Waals surface area contributed by atoms with Crippen LogP contribution >= 0.6 is 0 Å². The molecule has 0 saturated heterocycles. The lowest BCUT2D eigenvalue weighted by molar-refractivity contribution is 0.415. The quantitative estimate of drug-likeness (QED) is 0.735. The molecular weight excluding hydrogens is 352 g/mol. The molecule has 0 fully saturated rings. The number of pyridine rings is 1. The number of hydrogen-bond acceptors (Lipinski definition) is 5. The second-order valence-electron chi connectivity index (χ2n) is 6.11. The Morgan fingerprint density at radius 3 is 2.77 bits per heavy atom. The van der Waals surface area contributed by atoms with Crippen LogP contribution in [0.2, 0.25) is 0 Å². The Morgan fingerprint density at radius 2 is 2.00 bits per heavy atom. The van der Waals surface area contributed by atoms with Gasteiger partial charge >= 0.3 is 0 Å². The monoisotopic (exact) mass is 370 g/mol. The molecule has 1 aliphatic rings. The molecular formula is C18H18N4O3S. The molecule has 2 aromatic carbocycles. The van der Waals surface area contributed by atoms with E-state index in [0.717, 1.165) is 46.6 Å². The summed E-state index contributed by atoms with van der Waals surface area (Å²) < 4.78 is 30.0. The molecule has 2 heterocycles. The summed E-state index contributed by atoms with van der Waals surface area (Å²) in [6.07, 6.45) is 2.60. The van der Waals surface area contributed by atoms with E-state index >= 15 is 0 Å². The molecule has 0 unspecified atom stereocenters. The number of nitrogens with two attached hydrogens (primary N) is 1. The molecule has 7 nitrogen and oxygen atoms in total. The summed E-state index contributed by atoms with van der Waals surface area (Å²) in [7, 11) is -2.15. The number of ether oxygens (including phenoxy) is 1. The van der Waals surface area contributed by atoms with Crippen molar-refractivity contribution in [2.24, 2.45) is 5.14 Å². The van der Waals surface area contributed by atoms with E-state index in [1.165, 1.54) is 0 Å². The molecule has 4 rings (SSSR count). The van der Waals surface area contributed by atoms with Gasteiger partial charge in [-0.1, -0.05) is 0 Å². The average Bonchev–Trinajstić information content (AvgIpc) is 3.02. The summed E-state index contributed by atoms with van der Waals surface area (Å²) in [5.41, 5.74) is 4.51. The molecule has 3 N–H and O–H groups in total. The zero-order valence-corrected chi connectivity index (χ0v) is 15.0. The van der Waals surface area contributed by atoms with Crippen LogP contribution in [0.5, 0.6) is 5.75 Å². The number of anilines is 3. The molecule has 134 valence electrons. The normalized spacial score (nSPS) is 13.7. The van der Waals surface area contributed by atoms with Gasteiger partial charge in [-0.25, -0.2) is 5.14 Å². The summed E-state index contributed by atoms with van der Waals surface area (Å²) in [5, 5.41) is 6.09. The molecule has 8 heteroatoms. The summed E-state index contributed by atoms with van der Waals surface area (Å²) in [4.78, 5) is 6.65. The summed E-state index contributed by atoms with van der Waals surface area (Å²) in [5.74, 6) is 0.766. The zero-order valence-electron chi connectivity index (χ0n) is 14.1. The minimum Gasteiger partial charge on any atom is -0.497 e. The first kappa shape index (κ1) is 16.6. The van der Waals surface area contributed by atoms with Crippen LogP contribution in [-0.4, -0.2) is 27.1 Å². The average molecular weight is 370 g/mol. The van der Waals surface area contributed by atoms with Crippen LogP contribution in [0.15, 0.2) is 48.7 Å². The Kier molecular flexibility index (Phi) is 3.93. The van der Waals surface area contributed by atoms with Gasteiger partial charge in [0.1, 0.15) is 5.75 Å². The highest BCUT2D eigenvalue weighted by atomic mass is 32.2. The summed E-state index contributed by atoms with van der Waals surface area (Å²) in [6.45, 7) is 0.805. The van der Waals surface area contributed by atoms with Gasteiger partial charge in [0.05, 0.1) is 24.0 Å². The number of rotatable bonds is 4. The lowest BCUT2D eigenvalue weighted by atomic mass is 10.1. The molecule has 0 amide bonds. The van der Waals surface area contributed by atoms with Crippen LogP contribution in [0.25, 0.3) is 10.9 Å². The highest BCUT2D eigenvalue weighted by molar-refractivity contribution is 7.90. The van der Waals surface area contributed by atoms with Crippen molar-refractivity contribution in [1.29, 1.82) is 0 Å². The molecule has 0 bridgehead atoms. The van der Waals surface area contributed by atoms with E-state index < -0.39 is 10.2 Å². The molecule has 0 aliphatic carbocycles. The lowest BCUT2D eigenvalue weighted by Crippen LogP contribution is -2.21. The Morgan fingerprint density at radius 1 is 1.15 bits per heavy atom. The van der Waals surface area contributed by atoms with Crippen LogP contribution < -0.4 is 19.5 Å². The van der Waals surface area contributed by atoms with E-state index in [9.17, 15) is 8.42 Å². The van der Waals surface area contributed by atoms with E-state index in [0.29, 0.717) is 5.69 Å². The second kappa shape index (κ2) is 6.15. The van der Waals surface area contributed by atoms with Gasteiger partial charge in [0.2, 0.25) is 0 Å². The van der Waals surface area contributed by atoms with Crippen molar-refractivity contribution in [1.82, 2.24) is 4.98 Å². The number of benzene rings is 2. The number of methoxy groups -OCH3 is 1.